The van der Waals surface area contributed by atoms with E-state index in [0.717, 1.165) is 12.4 Å². The van der Waals surface area contributed by atoms with Crippen molar-refractivity contribution in [2.45, 2.75) is 12.3 Å². The third-order valence-corrected chi connectivity index (χ3v) is 1.92. The molecule has 13 heavy (non-hydrogen) atoms. The molecule has 0 aromatic heterocycles. The van der Waals surface area contributed by atoms with Crippen LogP contribution in [0.1, 0.15) is 11.1 Å². The monoisotopic (exact) mass is 246 g/mol. The van der Waals surface area contributed by atoms with Gasteiger partial charge in [-0.3, -0.25) is 0 Å². The van der Waals surface area contributed by atoms with Crippen LogP contribution in [0.2, 0.25) is 0 Å². The average Bonchev–Trinajstić information content (AvgIpc) is 2.25. The third kappa shape index (κ3) is 7.68. The molecular weight excluding hydrogens is 232 g/mol. The van der Waals surface area contributed by atoms with E-state index in [1.807, 2.05) is 6.79 Å². The second-order valence-corrected chi connectivity index (χ2v) is 2.68. The SMILES string of the molecule is C=O.CO.Cc1ccc(CBr)cc1. The Morgan fingerprint density at radius 1 is 1.23 bits per heavy atom. The minimum Gasteiger partial charge on any atom is -0.400 e. The van der Waals surface area contributed by atoms with Crippen molar-refractivity contribution in [3.63, 3.8) is 0 Å². The molecule has 1 rings (SSSR count). The second kappa shape index (κ2) is 11.3. The highest BCUT2D eigenvalue weighted by Gasteiger charge is 1.85. The van der Waals surface area contributed by atoms with Crippen molar-refractivity contribution in [2.24, 2.45) is 0 Å². The number of benzene rings is 1. The molecule has 0 aliphatic heterocycles. The number of carbonyl (C=O) groups is 1. The molecule has 0 aliphatic rings. The van der Waals surface area contributed by atoms with Gasteiger partial charge >= 0.3 is 0 Å². The Morgan fingerprint density at radius 2 is 1.62 bits per heavy atom. The van der Waals surface area contributed by atoms with E-state index >= 15 is 0 Å². The van der Waals surface area contributed by atoms with Crippen LogP contribution in [0.3, 0.4) is 0 Å². The summed E-state index contributed by atoms with van der Waals surface area (Å²) in [6.45, 7) is 4.10. The summed E-state index contributed by atoms with van der Waals surface area (Å²) >= 11 is 3.38. The number of aryl methyl sites for hydroxylation is 1. The summed E-state index contributed by atoms with van der Waals surface area (Å²) in [6.07, 6.45) is 0. The van der Waals surface area contributed by atoms with Gasteiger partial charge in [-0.2, -0.15) is 0 Å². The average molecular weight is 247 g/mol. The Bertz CT molecular complexity index is 197. The highest BCUT2D eigenvalue weighted by Crippen LogP contribution is 2.05. The van der Waals surface area contributed by atoms with Gasteiger partial charge in [-0.25, -0.2) is 0 Å². The Morgan fingerprint density at radius 3 is 1.92 bits per heavy atom. The Balaban J connectivity index is 0. The first-order chi connectivity index (χ1) is 6.33. The summed E-state index contributed by atoms with van der Waals surface area (Å²) in [5.41, 5.74) is 2.65. The molecule has 1 aromatic rings. The molecule has 1 aromatic carbocycles. The molecule has 0 aliphatic carbocycles. The van der Waals surface area contributed by atoms with Crippen LogP contribution < -0.4 is 0 Å². The van der Waals surface area contributed by atoms with E-state index in [9.17, 15) is 0 Å². The van der Waals surface area contributed by atoms with Crippen LogP contribution in [0, 0.1) is 6.92 Å². The lowest BCUT2D eigenvalue weighted by atomic mass is 10.2. The van der Waals surface area contributed by atoms with Gasteiger partial charge in [-0.15, -0.1) is 0 Å². The number of aliphatic hydroxyl groups is 1. The molecule has 0 saturated heterocycles. The van der Waals surface area contributed by atoms with E-state index in [0.29, 0.717) is 0 Å². The van der Waals surface area contributed by atoms with Crippen molar-refractivity contribution in [3.8, 4) is 0 Å². The van der Waals surface area contributed by atoms with Crippen molar-refractivity contribution in [1.82, 2.24) is 0 Å². The van der Waals surface area contributed by atoms with Gasteiger partial charge in [0.1, 0.15) is 6.79 Å². The summed E-state index contributed by atoms with van der Waals surface area (Å²) in [7, 11) is 1.00. The fourth-order valence-corrected chi connectivity index (χ4v) is 1.05. The van der Waals surface area contributed by atoms with Gasteiger partial charge in [0.25, 0.3) is 0 Å². The van der Waals surface area contributed by atoms with Crippen molar-refractivity contribution in [2.75, 3.05) is 7.11 Å². The highest BCUT2D eigenvalue weighted by molar-refractivity contribution is 9.08. The molecule has 0 fully saturated rings. The number of hydrogen-bond acceptors (Lipinski definition) is 2. The van der Waals surface area contributed by atoms with E-state index in [-0.39, 0.29) is 0 Å². The number of aliphatic hydroxyl groups excluding tert-OH is 1. The molecule has 3 heteroatoms. The van der Waals surface area contributed by atoms with Crippen molar-refractivity contribution in [3.05, 3.63) is 35.4 Å². The van der Waals surface area contributed by atoms with E-state index in [2.05, 4.69) is 47.1 Å². The number of carbonyl (C=O) groups excluding carboxylic acids is 1. The van der Waals surface area contributed by atoms with Crippen LogP contribution in [-0.2, 0) is 10.1 Å². The zero-order chi connectivity index (χ0) is 10.7. The molecular formula is C10H15BrO2. The van der Waals surface area contributed by atoms with Crippen LogP contribution in [0.15, 0.2) is 24.3 Å². The van der Waals surface area contributed by atoms with Gasteiger partial charge in [0, 0.05) is 12.4 Å². The van der Waals surface area contributed by atoms with Crippen LogP contribution in [0.4, 0.5) is 0 Å². The normalized spacial score (nSPS) is 7.38. The minimum absolute atomic E-state index is 0.952. The molecule has 0 unspecified atom stereocenters. The number of hydrogen-bond donors (Lipinski definition) is 1. The van der Waals surface area contributed by atoms with Gasteiger partial charge in [0.15, 0.2) is 0 Å². The molecule has 0 radical (unpaired) electrons. The lowest BCUT2D eigenvalue weighted by Crippen LogP contribution is -1.75. The molecule has 0 heterocycles. The second-order valence-electron chi connectivity index (χ2n) is 2.12. The zero-order valence-electron chi connectivity index (χ0n) is 7.96. The van der Waals surface area contributed by atoms with Gasteiger partial charge in [-0.1, -0.05) is 45.8 Å². The van der Waals surface area contributed by atoms with Crippen molar-refractivity contribution >= 4 is 22.7 Å². The first-order valence-corrected chi connectivity index (χ1v) is 4.80. The Hall–Kier alpha value is -0.670. The van der Waals surface area contributed by atoms with E-state index < -0.39 is 0 Å². The quantitative estimate of drug-likeness (QED) is 0.773. The number of rotatable bonds is 1. The topological polar surface area (TPSA) is 37.3 Å². The van der Waals surface area contributed by atoms with Crippen molar-refractivity contribution < 1.29 is 9.90 Å². The maximum Gasteiger partial charge on any atom is 0.106 e. The van der Waals surface area contributed by atoms with E-state index in [1.54, 1.807) is 0 Å². The van der Waals surface area contributed by atoms with Crippen LogP contribution in [0.25, 0.3) is 0 Å². The summed E-state index contributed by atoms with van der Waals surface area (Å²) in [5, 5.41) is 7.95. The van der Waals surface area contributed by atoms with Gasteiger partial charge in [0.2, 0.25) is 0 Å². The van der Waals surface area contributed by atoms with E-state index in [1.165, 1.54) is 11.1 Å². The first kappa shape index (κ1) is 14.8. The Kier molecular flexibility index (Phi) is 12.9. The lowest BCUT2D eigenvalue weighted by molar-refractivity contribution is -0.0979. The van der Waals surface area contributed by atoms with Gasteiger partial charge in [-0.05, 0) is 12.5 Å². The largest absolute Gasteiger partial charge is 0.400 e. The molecule has 0 bridgehead atoms. The highest BCUT2D eigenvalue weighted by atomic mass is 79.9. The molecule has 2 nitrogen and oxygen atoms in total. The third-order valence-electron chi connectivity index (χ3n) is 1.27. The van der Waals surface area contributed by atoms with Crippen LogP contribution in [-0.4, -0.2) is 19.0 Å². The fraction of sp³-hybridized carbons (Fsp3) is 0.300. The standard InChI is InChI=1S/C8H9Br.CH4O.CH2O/c1-7-2-4-8(6-9)5-3-7;2*1-2/h2-5H,6H2,1H3;2H,1H3;1H2. The van der Waals surface area contributed by atoms with Gasteiger partial charge in [0.05, 0.1) is 0 Å². The number of halogens is 1. The zero-order valence-corrected chi connectivity index (χ0v) is 9.54. The van der Waals surface area contributed by atoms with Crippen LogP contribution >= 0.6 is 15.9 Å². The molecule has 0 atom stereocenters. The molecule has 74 valence electrons. The van der Waals surface area contributed by atoms with Gasteiger partial charge < -0.3 is 9.90 Å². The predicted octanol–water partition coefficient (Wildman–Crippen LogP) is 2.31. The molecule has 1 N–H and O–H groups in total. The number of alkyl halides is 1. The smallest absolute Gasteiger partial charge is 0.106 e. The first-order valence-electron chi connectivity index (χ1n) is 3.68. The maximum absolute atomic E-state index is 8.00. The Labute approximate surface area is 87.7 Å². The minimum atomic E-state index is 0.952. The lowest BCUT2D eigenvalue weighted by Gasteiger charge is -1.93. The van der Waals surface area contributed by atoms with Crippen LogP contribution in [0.5, 0.6) is 0 Å². The summed E-state index contributed by atoms with van der Waals surface area (Å²) < 4.78 is 0. The maximum atomic E-state index is 8.00. The fourth-order valence-electron chi connectivity index (χ4n) is 0.677. The summed E-state index contributed by atoms with van der Waals surface area (Å²) in [6, 6.07) is 8.50. The van der Waals surface area contributed by atoms with E-state index in [4.69, 9.17) is 9.90 Å². The molecule has 0 saturated carbocycles. The van der Waals surface area contributed by atoms with Crippen molar-refractivity contribution in [1.29, 1.82) is 0 Å². The molecule has 0 amide bonds. The predicted molar refractivity (Wildman–Crippen MR) is 59.1 cm³/mol. The summed E-state index contributed by atoms with van der Waals surface area (Å²) in [5.74, 6) is 0. The molecule has 0 spiro atoms. The summed E-state index contributed by atoms with van der Waals surface area (Å²) in [4.78, 5) is 8.00.